The number of amides is 2. The minimum atomic E-state index is -0.664. The van der Waals surface area contributed by atoms with Crippen LogP contribution >= 0.6 is 0 Å². The van der Waals surface area contributed by atoms with Crippen molar-refractivity contribution in [2.75, 3.05) is 30.0 Å². The summed E-state index contributed by atoms with van der Waals surface area (Å²) in [5, 5.41) is 2.68. The number of anilines is 2. The molecule has 1 saturated heterocycles. The molecule has 0 saturated carbocycles. The number of hydrogen-bond donors (Lipinski definition) is 1. The van der Waals surface area contributed by atoms with Crippen LogP contribution in [0.25, 0.3) is 0 Å². The highest BCUT2D eigenvalue weighted by Gasteiger charge is 2.36. The quantitative estimate of drug-likeness (QED) is 0.586. The van der Waals surface area contributed by atoms with Gasteiger partial charge in [-0.2, -0.15) is 0 Å². The van der Waals surface area contributed by atoms with E-state index in [4.69, 9.17) is 9.47 Å². The van der Waals surface area contributed by atoms with Crippen molar-refractivity contribution in [1.82, 2.24) is 0 Å². The van der Waals surface area contributed by atoms with Crippen molar-refractivity contribution in [3.63, 3.8) is 0 Å². The number of aryl methyl sites for hydroxylation is 1. The smallest absolute Gasteiger partial charge is 0.338 e. The van der Waals surface area contributed by atoms with E-state index in [2.05, 4.69) is 5.32 Å². The van der Waals surface area contributed by atoms with Crippen LogP contribution in [0, 0.1) is 5.92 Å². The Balaban J connectivity index is 1.50. The van der Waals surface area contributed by atoms with E-state index in [1.165, 1.54) is 4.90 Å². The summed E-state index contributed by atoms with van der Waals surface area (Å²) in [6.45, 7) is 4.03. The van der Waals surface area contributed by atoms with Gasteiger partial charge in [-0.15, -0.1) is 0 Å². The fourth-order valence-corrected chi connectivity index (χ4v) is 3.45. The molecule has 1 fully saturated rings. The summed E-state index contributed by atoms with van der Waals surface area (Å²) in [5.41, 5.74) is 2.75. The lowest BCUT2D eigenvalue weighted by molar-refractivity contribution is -0.151. The Bertz CT molecular complexity index is 1000. The molecule has 2 aromatic carbocycles. The maximum absolute atomic E-state index is 12.4. The van der Waals surface area contributed by atoms with E-state index in [0.29, 0.717) is 23.5 Å². The maximum Gasteiger partial charge on any atom is 0.338 e. The van der Waals surface area contributed by atoms with Crippen molar-refractivity contribution in [3.05, 3.63) is 59.7 Å². The molecule has 0 aromatic heterocycles. The van der Waals surface area contributed by atoms with Crippen molar-refractivity contribution < 1.29 is 28.7 Å². The lowest BCUT2D eigenvalue weighted by Gasteiger charge is -2.17. The first-order chi connectivity index (χ1) is 15.9. The molecule has 8 heteroatoms. The Morgan fingerprint density at radius 3 is 2.33 bits per heavy atom. The van der Waals surface area contributed by atoms with Gasteiger partial charge < -0.3 is 19.7 Å². The normalized spacial score (nSPS) is 15.3. The first kappa shape index (κ1) is 24.0. The van der Waals surface area contributed by atoms with E-state index < -0.39 is 30.4 Å². The lowest BCUT2D eigenvalue weighted by Crippen LogP contribution is -2.28. The maximum atomic E-state index is 12.4. The number of rotatable bonds is 9. The fourth-order valence-electron chi connectivity index (χ4n) is 3.45. The van der Waals surface area contributed by atoms with Crippen LogP contribution in [0.2, 0.25) is 0 Å². The average molecular weight is 453 g/mol. The lowest BCUT2D eigenvalue weighted by atomic mass is 10.1. The topological polar surface area (TPSA) is 102 Å². The largest absolute Gasteiger partial charge is 0.462 e. The molecule has 174 valence electrons. The molecule has 1 N–H and O–H groups in total. The highest BCUT2D eigenvalue weighted by molar-refractivity contribution is 6.00. The molecule has 33 heavy (non-hydrogen) atoms. The van der Waals surface area contributed by atoms with Crippen molar-refractivity contribution in [1.29, 1.82) is 0 Å². The van der Waals surface area contributed by atoms with Crippen LogP contribution in [0.5, 0.6) is 0 Å². The average Bonchev–Trinajstić information content (AvgIpc) is 3.23. The molecular formula is C25H28N2O6. The minimum Gasteiger partial charge on any atom is -0.462 e. The molecular weight excluding hydrogens is 424 g/mol. The zero-order valence-electron chi connectivity index (χ0n) is 18.8. The SMILES string of the molecule is CCCOC(=O)c1ccc(N2C[C@H](C(=O)OCC(=O)Nc3ccc(CC)cc3)CC2=O)cc1. The van der Waals surface area contributed by atoms with Gasteiger partial charge in [0.15, 0.2) is 6.61 Å². The summed E-state index contributed by atoms with van der Waals surface area (Å²) < 4.78 is 10.2. The summed E-state index contributed by atoms with van der Waals surface area (Å²) in [5.74, 6) is -2.35. The molecule has 1 aliphatic rings. The van der Waals surface area contributed by atoms with Gasteiger partial charge in [0.2, 0.25) is 5.91 Å². The summed E-state index contributed by atoms with van der Waals surface area (Å²) in [4.78, 5) is 50.3. The second-order valence-corrected chi connectivity index (χ2v) is 7.79. The second kappa shape index (κ2) is 11.3. The van der Waals surface area contributed by atoms with Gasteiger partial charge in [-0.3, -0.25) is 14.4 Å². The van der Waals surface area contributed by atoms with Gasteiger partial charge in [0.05, 0.1) is 18.1 Å². The van der Waals surface area contributed by atoms with E-state index in [9.17, 15) is 19.2 Å². The van der Waals surface area contributed by atoms with Crippen molar-refractivity contribution in [3.8, 4) is 0 Å². The number of carbonyl (C=O) groups is 4. The van der Waals surface area contributed by atoms with E-state index in [1.807, 2.05) is 26.0 Å². The third-order valence-electron chi connectivity index (χ3n) is 5.30. The van der Waals surface area contributed by atoms with Crippen LogP contribution in [-0.4, -0.2) is 43.5 Å². The van der Waals surface area contributed by atoms with Crippen LogP contribution in [-0.2, 0) is 30.3 Å². The molecule has 0 aliphatic carbocycles. The fraction of sp³-hybridized carbons (Fsp3) is 0.360. The van der Waals surface area contributed by atoms with Gasteiger partial charge in [-0.25, -0.2) is 4.79 Å². The Hall–Kier alpha value is -3.68. The molecule has 0 unspecified atom stereocenters. The Morgan fingerprint density at radius 1 is 1.00 bits per heavy atom. The van der Waals surface area contributed by atoms with Crippen LogP contribution in [0.4, 0.5) is 11.4 Å². The predicted molar refractivity (Wildman–Crippen MR) is 123 cm³/mol. The summed E-state index contributed by atoms with van der Waals surface area (Å²) in [7, 11) is 0. The second-order valence-electron chi connectivity index (χ2n) is 7.79. The minimum absolute atomic E-state index is 0.000768. The number of nitrogens with one attached hydrogen (secondary N) is 1. The molecule has 0 spiro atoms. The van der Waals surface area contributed by atoms with Gasteiger partial charge in [-0.1, -0.05) is 26.0 Å². The number of carbonyl (C=O) groups excluding carboxylic acids is 4. The summed E-state index contributed by atoms with van der Waals surface area (Å²) in [6.07, 6.45) is 1.63. The summed E-state index contributed by atoms with van der Waals surface area (Å²) >= 11 is 0. The molecule has 0 radical (unpaired) electrons. The zero-order valence-corrected chi connectivity index (χ0v) is 18.8. The molecule has 8 nitrogen and oxygen atoms in total. The first-order valence-corrected chi connectivity index (χ1v) is 11.0. The van der Waals surface area contributed by atoms with Gasteiger partial charge in [0.25, 0.3) is 5.91 Å². The van der Waals surface area contributed by atoms with Crippen LogP contribution in [0.1, 0.15) is 42.6 Å². The predicted octanol–water partition coefficient (Wildman–Crippen LogP) is 3.35. The van der Waals surface area contributed by atoms with Gasteiger partial charge >= 0.3 is 11.9 Å². The van der Waals surface area contributed by atoms with Gasteiger partial charge in [0.1, 0.15) is 0 Å². The van der Waals surface area contributed by atoms with Crippen LogP contribution in [0.15, 0.2) is 48.5 Å². The Kier molecular flexibility index (Phi) is 8.18. The molecule has 0 bridgehead atoms. The third-order valence-corrected chi connectivity index (χ3v) is 5.30. The molecule has 1 atom stereocenters. The standard InChI is InChI=1S/C25H28N2O6/c1-3-13-32-24(30)18-7-11-21(12-8-18)27-15-19(14-23(27)29)25(31)33-16-22(28)26-20-9-5-17(4-2)6-10-20/h5-12,19H,3-4,13-16H2,1-2H3,(H,26,28)/t19-/m1/s1. The summed E-state index contributed by atoms with van der Waals surface area (Å²) in [6, 6.07) is 13.9. The van der Waals surface area contributed by atoms with Crippen molar-refractivity contribution in [2.24, 2.45) is 5.92 Å². The zero-order chi connectivity index (χ0) is 23.8. The van der Waals surface area contributed by atoms with E-state index in [1.54, 1.807) is 36.4 Å². The Morgan fingerprint density at radius 2 is 1.70 bits per heavy atom. The molecule has 3 rings (SSSR count). The highest BCUT2D eigenvalue weighted by atomic mass is 16.5. The van der Waals surface area contributed by atoms with Crippen molar-refractivity contribution in [2.45, 2.75) is 33.1 Å². The number of benzene rings is 2. The van der Waals surface area contributed by atoms with Crippen molar-refractivity contribution >= 4 is 35.1 Å². The van der Waals surface area contributed by atoms with E-state index in [-0.39, 0.29) is 18.9 Å². The van der Waals surface area contributed by atoms with Gasteiger partial charge in [-0.05, 0) is 54.8 Å². The molecule has 2 aromatic rings. The van der Waals surface area contributed by atoms with E-state index in [0.717, 1.165) is 18.4 Å². The monoisotopic (exact) mass is 452 g/mol. The molecule has 1 heterocycles. The number of nitrogens with zero attached hydrogens (tertiary/aromatic N) is 1. The van der Waals surface area contributed by atoms with Gasteiger partial charge in [0, 0.05) is 24.3 Å². The number of hydrogen-bond acceptors (Lipinski definition) is 6. The first-order valence-electron chi connectivity index (χ1n) is 11.0. The van der Waals surface area contributed by atoms with E-state index >= 15 is 0 Å². The third kappa shape index (κ3) is 6.41. The number of ether oxygens (including phenoxy) is 2. The van der Waals surface area contributed by atoms with Crippen LogP contribution in [0.3, 0.4) is 0 Å². The van der Waals surface area contributed by atoms with Crippen LogP contribution < -0.4 is 10.2 Å². The molecule has 2 amide bonds. The highest BCUT2D eigenvalue weighted by Crippen LogP contribution is 2.26. The number of esters is 2. The molecule has 1 aliphatic heterocycles. The Labute approximate surface area is 192 Å².